The smallest absolute Gasteiger partial charge is 1.00 e. The molecule has 0 saturated heterocycles. The van der Waals surface area contributed by atoms with E-state index in [0.717, 1.165) is 6.42 Å². The van der Waals surface area contributed by atoms with Gasteiger partial charge in [-0.2, -0.15) is 0 Å². The third kappa shape index (κ3) is 5.11. The van der Waals surface area contributed by atoms with Crippen LogP contribution >= 0.6 is 0 Å². The predicted molar refractivity (Wildman–Crippen MR) is 98.5 cm³/mol. The summed E-state index contributed by atoms with van der Waals surface area (Å²) in [7, 11) is 0. The van der Waals surface area contributed by atoms with E-state index in [4.69, 9.17) is 0 Å². The summed E-state index contributed by atoms with van der Waals surface area (Å²) in [5, 5.41) is 0. The van der Waals surface area contributed by atoms with Gasteiger partial charge in [0.15, 0.2) is 0 Å². The molecular weight excluding hydrogens is 430 g/mol. The predicted octanol–water partition coefficient (Wildman–Crippen LogP) is -2.82. The van der Waals surface area contributed by atoms with Crippen LogP contribution in [0.15, 0.2) is 81.8 Å². The zero-order valence-corrected chi connectivity index (χ0v) is 19.8. The molecule has 0 radical (unpaired) electrons. The second kappa shape index (κ2) is 11.5. The van der Waals surface area contributed by atoms with E-state index >= 15 is 0 Å². The van der Waals surface area contributed by atoms with E-state index < -0.39 is 0 Å². The first-order valence-electron chi connectivity index (χ1n) is 8.85. The fraction of sp³-hybridized carbons (Fsp3) is 0.304. The Morgan fingerprint density at radius 3 is 1.74 bits per heavy atom. The monoisotopic (exact) mass is 454 g/mol. The Kier molecular flexibility index (Phi) is 11.3. The van der Waals surface area contributed by atoms with Gasteiger partial charge in [0.25, 0.3) is 0 Å². The number of allylic oxidation sites excluding steroid dienone is 4. The van der Waals surface area contributed by atoms with Gasteiger partial charge < -0.3 is 37.2 Å². The van der Waals surface area contributed by atoms with Crippen LogP contribution in [-0.2, 0) is 25.9 Å². The molecule has 3 rings (SSSR count). The third-order valence-corrected chi connectivity index (χ3v) is 6.49. The zero-order chi connectivity index (χ0) is 17.2. The van der Waals surface area contributed by atoms with Crippen molar-refractivity contribution in [3.8, 4) is 0 Å². The molecule has 0 N–H and O–H groups in total. The summed E-state index contributed by atoms with van der Waals surface area (Å²) >= 11 is 2.32. The number of hydrogen-bond donors (Lipinski definition) is 0. The van der Waals surface area contributed by atoms with Gasteiger partial charge in [-0.15, -0.1) is 0 Å². The maximum absolute atomic E-state index is 2.46. The summed E-state index contributed by atoms with van der Waals surface area (Å²) < 4.78 is 1.50. The van der Waals surface area contributed by atoms with Crippen LogP contribution in [-0.4, -0.2) is 0 Å². The van der Waals surface area contributed by atoms with Gasteiger partial charge in [0, 0.05) is 0 Å². The second-order valence-electron chi connectivity index (χ2n) is 6.88. The van der Waals surface area contributed by atoms with Crippen molar-refractivity contribution in [2.75, 3.05) is 0 Å². The average Bonchev–Trinajstić information content (AvgIpc) is 3.04. The molecule has 0 bridgehead atoms. The molecule has 2 aromatic rings. The molecule has 0 aromatic heterocycles. The Morgan fingerprint density at radius 2 is 1.33 bits per heavy atom. The van der Waals surface area contributed by atoms with E-state index in [2.05, 4.69) is 108 Å². The standard InChI is InChI=1S/C23H25.3ClH.Ti/c1-4-18(2)19-15-16-22(17-19)23(3,20-11-7-5-8-12-20)21-13-9-6-10-14-21;;;;/h5-15,18H,4,16H2,1-3H3;3*1H;/q;;;;+3/p-3. The van der Waals surface area contributed by atoms with Crippen molar-refractivity contribution in [2.24, 2.45) is 5.92 Å². The van der Waals surface area contributed by atoms with Crippen molar-refractivity contribution in [3.05, 3.63) is 92.9 Å². The van der Waals surface area contributed by atoms with Crippen LogP contribution in [0.1, 0.15) is 44.7 Å². The first-order valence-corrected chi connectivity index (χ1v) is 9.63. The molecule has 1 unspecified atom stereocenters. The van der Waals surface area contributed by atoms with Crippen molar-refractivity contribution in [1.82, 2.24) is 0 Å². The topological polar surface area (TPSA) is 0 Å². The van der Waals surface area contributed by atoms with Crippen molar-refractivity contribution >= 4 is 0 Å². The van der Waals surface area contributed by atoms with Crippen LogP contribution in [0.25, 0.3) is 0 Å². The van der Waals surface area contributed by atoms with Gasteiger partial charge in [-0.1, -0.05) is 0 Å². The van der Waals surface area contributed by atoms with Gasteiger partial charge in [-0.3, -0.25) is 0 Å². The van der Waals surface area contributed by atoms with E-state index in [0.29, 0.717) is 5.92 Å². The maximum atomic E-state index is 2.46. The van der Waals surface area contributed by atoms with Crippen molar-refractivity contribution in [1.29, 1.82) is 0 Å². The molecular formula is C23H25Cl3Ti. The SMILES string of the molecule is CCC(C)C1=CCC(C(C)(c2ccccc2)c2ccccc2)=[C]1[Ti+3].[Cl-].[Cl-].[Cl-]. The van der Waals surface area contributed by atoms with E-state index in [1.165, 1.54) is 21.4 Å². The number of benzene rings is 2. The van der Waals surface area contributed by atoms with Crippen LogP contribution in [0.2, 0.25) is 0 Å². The van der Waals surface area contributed by atoms with Gasteiger partial charge in [-0.05, 0) is 0 Å². The van der Waals surface area contributed by atoms with E-state index in [9.17, 15) is 0 Å². The van der Waals surface area contributed by atoms with Crippen LogP contribution in [0.5, 0.6) is 0 Å². The minimum atomic E-state index is -0.0711. The Hall–Kier alpha value is -0.496. The zero-order valence-electron chi connectivity index (χ0n) is 16.0. The summed E-state index contributed by atoms with van der Waals surface area (Å²) in [5.41, 5.74) is 5.78. The van der Waals surface area contributed by atoms with Crippen LogP contribution in [0, 0.1) is 5.92 Å². The molecule has 27 heavy (non-hydrogen) atoms. The molecule has 0 aliphatic heterocycles. The molecule has 0 fully saturated rings. The first kappa shape index (κ1) is 26.5. The third-order valence-electron chi connectivity index (χ3n) is 5.57. The van der Waals surface area contributed by atoms with Crippen molar-refractivity contribution < 1.29 is 57.7 Å². The maximum Gasteiger partial charge on any atom is -1.00 e. The fourth-order valence-electron chi connectivity index (χ4n) is 3.77. The summed E-state index contributed by atoms with van der Waals surface area (Å²) in [6.07, 6.45) is 4.72. The molecule has 1 aliphatic carbocycles. The molecule has 1 atom stereocenters. The molecule has 4 heteroatoms. The van der Waals surface area contributed by atoms with Crippen LogP contribution in [0.4, 0.5) is 0 Å². The largest absolute Gasteiger partial charge is 1.00 e. The van der Waals surface area contributed by atoms with E-state index in [1.807, 2.05) is 0 Å². The molecule has 1 aliphatic rings. The first-order chi connectivity index (χ1) is 11.6. The number of hydrogen-bond acceptors (Lipinski definition) is 0. The van der Waals surface area contributed by atoms with Crippen molar-refractivity contribution in [3.63, 3.8) is 0 Å². The summed E-state index contributed by atoms with van der Waals surface area (Å²) in [6, 6.07) is 21.9. The molecule has 0 amide bonds. The van der Waals surface area contributed by atoms with Gasteiger partial charge in [-0.25, -0.2) is 0 Å². The molecule has 0 nitrogen and oxygen atoms in total. The summed E-state index contributed by atoms with van der Waals surface area (Å²) in [6.45, 7) is 7.02. The molecule has 0 heterocycles. The molecule has 0 spiro atoms. The van der Waals surface area contributed by atoms with Gasteiger partial charge in [0.1, 0.15) is 0 Å². The Balaban J connectivity index is 0.00000225. The van der Waals surface area contributed by atoms with Gasteiger partial charge in [0.05, 0.1) is 0 Å². The minimum absolute atomic E-state index is 0. The average molecular weight is 456 g/mol. The van der Waals surface area contributed by atoms with E-state index in [1.54, 1.807) is 11.1 Å². The second-order valence-corrected chi connectivity index (χ2v) is 7.66. The molecule has 142 valence electrons. The minimum Gasteiger partial charge on any atom is -1.00 e. The molecule has 0 saturated carbocycles. The normalized spacial score (nSPS) is 14.5. The number of halogens is 3. The van der Waals surface area contributed by atoms with Gasteiger partial charge >= 0.3 is 158 Å². The fourth-order valence-corrected chi connectivity index (χ4v) is 4.86. The Labute approximate surface area is 194 Å². The van der Waals surface area contributed by atoms with Crippen LogP contribution < -0.4 is 37.2 Å². The molecule has 2 aromatic carbocycles. The summed E-state index contributed by atoms with van der Waals surface area (Å²) in [5.74, 6) is 0.637. The Morgan fingerprint density at radius 1 is 0.889 bits per heavy atom. The Bertz CT molecular complexity index is 727. The van der Waals surface area contributed by atoms with Crippen LogP contribution in [0.3, 0.4) is 0 Å². The van der Waals surface area contributed by atoms with E-state index in [-0.39, 0.29) is 42.6 Å². The summed E-state index contributed by atoms with van der Waals surface area (Å²) in [4.78, 5) is 0. The van der Waals surface area contributed by atoms with Gasteiger partial charge in [0.2, 0.25) is 0 Å². The number of rotatable bonds is 5. The van der Waals surface area contributed by atoms with Crippen molar-refractivity contribution in [2.45, 2.75) is 39.0 Å². The quantitative estimate of drug-likeness (QED) is 0.427.